The molecular weight excluding hydrogens is 371 g/mol. The van der Waals surface area contributed by atoms with E-state index < -0.39 is 0 Å². The summed E-state index contributed by atoms with van der Waals surface area (Å²) in [4.78, 5) is 11.8. The van der Waals surface area contributed by atoms with Crippen LogP contribution >= 0.6 is 23.1 Å². The van der Waals surface area contributed by atoms with E-state index in [1.807, 2.05) is 0 Å². The summed E-state index contributed by atoms with van der Waals surface area (Å²) in [6, 6.07) is 6.32. The van der Waals surface area contributed by atoms with Crippen molar-refractivity contribution in [3.05, 3.63) is 35.6 Å². The van der Waals surface area contributed by atoms with Crippen LogP contribution in [0.5, 0.6) is 0 Å². The average Bonchev–Trinajstić information content (AvgIpc) is 3.09. The molecule has 8 heteroatoms. The van der Waals surface area contributed by atoms with Gasteiger partial charge in [0.1, 0.15) is 5.82 Å². The Morgan fingerprint density at radius 3 is 2.69 bits per heavy atom. The van der Waals surface area contributed by atoms with E-state index in [0.717, 1.165) is 16.3 Å². The first kappa shape index (κ1) is 19.1. The zero-order valence-electron chi connectivity index (χ0n) is 14.5. The molecule has 1 aromatic heterocycles. The molecule has 1 aliphatic rings. The van der Waals surface area contributed by atoms with Crippen LogP contribution in [0.4, 0.5) is 9.52 Å². The molecule has 1 aromatic carbocycles. The minimum Gasteiger partial charge on any atom is -0.369 e. The van der Waals surface area contributed by atoms with E-state index in [1.165, 1.54) is 67.3 Å². The molecule has 1 amide bonds. The normalized spacial score (nSPS) is 16.3. The fourth-order valence-electron chi connectivity index (χ4n) is 3.18. The summed E-state index contributed by atoms with van der Waals surface area (Å²) in [5.41, 5.74) is 6.57. The molecule has 0 spiro atoms. The number of carbonyl (C=O) groups is 1. The number of nitrogens with two attached hydrogens (primary N) is 1. The van der Waals surface area contributed by atoms with Crippen molar-refractivity contribution in [3.63, 3.8) is 0 Å². The van der Waals surface area contributed by atoms with E-state index >= 15 is 0 Å². The summed E-state index contributed by atoms with van der Waals surface area (Å²) in [6.07, 6.45) is 6.98. The van der Waals surface area contributed by atoms with Crippen LogP contribution in [-0.4, -0.2) is 21.4 Å². The summed E-state index contributed by atoms with van der Waals surface area (Å²) in [5.74, 6) is 0.0492. The van der Waals surface area contributed by atoms with Crippen molar-refractivity contribution in [3.8, 4) is 0 Å². The maximum absolute atomic E-state index is 12.9. The molecule has 3 N–H and O–H groups in total. The lowest BCUT2D eigenvalue weighted by molar-refractivity contribution is -0.117. The first-order valence-electron chi connectivity index (χ1n) is 8.88. The number of nitrogens with one attached hydrogen (secondary N) is 1. The van der Waals surface area contributed by atoms with Crippen molar-refractivity contribution in [2.24, 2.45) is 11.7 Å². The number of thioether (sulfide) groups is 1. The molecule has 0 bridgehead atoms. The van der Waals surface area contributed by atoms with Crippen LogP contribution in [0.3, 0.4) is 0 Å². The van der Waals surface area contributed by atoms with Crippen molar-refractivity contribution >= 4 is 34.1 Å². The highest BCUT2D eigenvalue weighted by Crippen LogP contribution is 2.35. The minimum atomic E-state index is -0.281. The lowest BCUT2D eigenvalue weighted by atomic mass is 9.86. The molecule has 5 nitrogen and oxygen atoms in total. The zero-order valence-corrected chi connectivity index (χ0v) is 16.1. The van der Waals surface area contributed by atoms with Gasteiger partial charge in [-0.05, 0) is 30.0 Å². The lowest BCUT2D eigenvalue weighted by Gasteiger charge is -2.24. The van der Waals surface area contributed by atoms with Crippen molar-refractivity contribution < 1.29 is 9.18 Å². The van der Waals surface area contributed by atoms with Crippen molar-refractivity contribution in [2.45, 2.75) is 54.7 Å². The molecule has 1 atom stereocenters. The molecule has 1 aliphatic carbocycles. The number of carbonyl (C=O) groups excluding carboxylic acids is 1. The number of benzene rings is 1. The van der Waals surface area contributed by atoms with Gasteiger partial charge >= 0.3 is 0 Å². The highest BCUT2D eigenvalue weighted by atomic mass is 32.2. The van der Waals surface area contributed by atoms with Gasteiger partial charge in [0, 0.05) is 6.54 Å². The fourth-order valence-corrected chi connectivity index (χ4v) is 5.25. The predicted octanol–water partition coefficient (Wildman–Crippen LogP) is 4.21. The third-order valence-electron chi connectivity index (χ3n) is 4.60. The van der Waals surface area contributed by atoms with Gasteiger partial charge in [-0.2, -0.15) is 0 Å². The SMILES string of the molecule is NC(=O)C(CC1CCCCC1)Sc1nnc(NCc2ccc(F)cc2)s1. The van der Waals surface area contributed by atoms with Gasteiger partial charge in [-0.25, -0.2) is 4.39 Å². The molecule has 0 aliphatic heterocycles. The van der Waals surface area contributed by atoms with Crippen LogP contribution in [0.15, 0.2) is 28.6 Å². The van der Waals surface area contributed by atoms with Crippen LogP contribution < -0.4 is 11.1 Å². The van der Waals surface area contributed by atoms with E-state index in [4.69, 9.17) is 5.73 Å². The Labute approximate surface area is 161 Å². The number of nitrogens with zero attached hydrogens (tertiary/aromatic N) is 2. The Morgan fingerprint density at radius 2 is 2.00 bits per heavy atom. The minimum absolute atomic E-state index is 0.251. The van der Waals surface area contributed by atoms with Gasteiger partial charge in [-0.1, -0.05) is 67.3 Å². The summed E-state index contributed by atoms with van der Waals surface area (Å²) >= 11 is 2.83. The van der Waals surface area contributed by atoms with Gasteiger partial charge in [0.05, 0.1) is 5.25 Å². The van der Waals surface area contributed by atoms with Gasteiger partial charge in [0.25, 0.3) is 0 Å². The van der Waals surface area contributed by atoms with E-state index in [2.05, 4.69) is 15.5 Å². The third-order valence-corrected chi connectivity index (χ3v) is 6.80. The first-order chi connectivity index (χ1) is 12.6. The molecule has 26 heavy (non-hydrogen) atoms. The second-order valence-electron chi connectivity index (χ2n) is 6.60. The average molecular weight is 395 g/mol. The van der Waals surface area contributed by atoms with Gasteiger partial charge in [0.15, 0.2) is 4.34 Å². The summed E-state index contributed by atoms with van der Waals surface area (Å²) in [7, 11) is 0. The number of amides is 1. The number of anilines is 1. The number of hydrogen-bond acceptors (Lipinski definition) is 6. The molecule has 1 unspecified atom stereocenters. The standard InChI is InChI=1S/C18H23FN4OS2/c19-14-8-6-13(7-9-14)11-21-17-22-23-18(26-17)25-15(16(20)24)10-12-4-2-1-3-5-12/h6-9,12,15H,1-5,10-11H2,(H2,20,24)(H,21,22). The molecule has 0 radical (unpaired) electrons. The Bertz CT molecular complexity index is 716. The molecular formula is C18H23FN4OS2. The summed E-state index contributed by atoms with van der Waals surface area (Å²) < 4.78 is 13.7. The summed E-state index contributed by atoms with van der Waals surface area (Å²) in [6.45, 7) is 0.543. The second kappa shape index (κ2) is 9.32. The Hall–Kier alpha value is -1.67. The Balaban J connectivity index is 1.53. The van der Waals surface area contributed by atoms with Gasteiger partial charge in [0.2, 0.25) is 11.0 Å². The van der Waals surface area contributed by atoms with Crippen molar-refractivity contribution in [1.82, 2.24) is 10.2 Å². The van der Waals surface area contributed by atoms with E-state index in [0.29, 0.717) is 17.6 Å². The van der Waals surface area contributed by atoms with Gasteiger partial charge < -0.3 is 11.1 Å². The monoisotopic (exact) mass is 394 g/mol. The maximum atomic E-state index is 12.9. The topological polar surface area (TPSA) is 80.9 Å². The Morgan fingerprint density at radius 1 is 1.27 bits per heavy atom. The predicted molar refractivity (Wildman–Crippen MR) is 104 cm³/mol. The van der Waals surface area contributed by atoms with Crippen LogP contribution in [-0.2, 0) is 11.3 Å². The molecule has 0 saturated heterocycles. The van der Waals surface area contributed by atoms with E-state index in [1.54, 1.807) is 12.1 Å². The second-order valence-corrected chi connectivity index (χ2v) is 9.03. The zero-order chi connectivity index (χ0) is 18.4. The molecule has 1 heterocycles. The fraction of sp³-hybridized carbons (Fsp3) is 0.500. The molecule has 2 aromatic rings. The van der Waals surface area contributed by atoms with Crippen LogP contribution in [0.2, 0.25) is 0 Å². The number of hydrogen-bond donors (Lipinski definition) is 2. The number of aromatic nitrogens is 2. The Kier molecular flexibility index (Phi) is 6.85. The number of primary amides is 1. The van der Waals surface area contributed by atoms with Crippen LogP contribution in [0, 0.1) is 11.7 Å². The molecule has 1 saturated carbocycles. The number of halogens is 1. The summed E-state index contributed by atoms with van der Waals surface area (Å²) in [5, 5.41) is 11.9. The van der Waals surface area contributed by atoms with Crippen molar-refractivity contribution in [1.29, 1.82) is 0 Å². The maximum Gasteiger partial charge on any atom is 0.231 e. The van der Waals surface area contributed by atoms with Gasteiger partial charge in [-0.15, -0.1) is 10.2 Å². The third kappa shape index (κ3) is 5.67. The van der Waals surface area contributed by atoms with Crippen LogP contribution in [0.1, 0.15) is 44.1 Å². The highest BCUT2D eigenvalue weighted by Gasteiger charge is 2.25. The van der Waals surface area contributed by atoms with Crippen LogP contribution in [0.25, 0.3) is 0 Å². The quantitative estimate of drug-likeness (QED) is 0.656. The smallest absolute Gasteiger partial charge is 0.231 e. The van der Waals surface area contributed by atoms with E-state index in [-0.39, 0.29) is 17.0 Å². The van der Waals surface area contributed by atoms with Crippen molar-refractivity contribution in [2.75, 3.05) is 5.32 Å². The van der Waals surface area contributed by atoms with Gasteiger partial charge in [-0.3, -0.25) is 4.79 Å². The van der Waals surface area contributed by atoms with E-state index in [9.17, 15) is 9.18 Å². The first-order valence-corrected chi connectivity index (χ1v) is 10.6. The highest BCUT2D eigenvalue weighted by molar-refractivity contribution is 8.02. The molecule has 3 rings (SSSR count). The molecule has 140 valence electrons. The number of rotatable bonds is 8. The largest absolute Gasteiger partial charge is 0.369 e. The molecule has 1 fully saturated rings. The lowest BCUT2D eigenvalue weighted by Crippen LogP contribution is -2.28.